The Morgan fingerprint density at radius 1 is 1.04 bits per heavy atom. The van der Waals surface area contributed by atoms with Crippen molar-refractivity contribution in [2.45, 2.75) is 32.1 Å². The maximum atomic E-state index is 12.0. The Labute approximate surface area is 137 Å². The summed E-state index contributed by atoms with van der Waals surface area (Å²) in [5.41, 5.74) is 6.20. The number of nitrogens with zero attached hydrogens (tertiary/aromatic N) is 1. The maximum absolute atomic E-state index is 12.0. The van der Waals surface area contributed by atoms with Gasteiger partial charge in [0.05, 0.1) is 0 Å². The van der Waals surface area contributed by atoms with Crippen molar-refractivity contribution in [2.75, 3.05) is 31.5 Å². The van der Waals surface area contributed by atoms with Crippen LogP contribution in [0, 0.1) is 0 Å². The van der Waals surface area contributed by atoms with Gasteiger partial charge in [-0.05, 0) is 63.2 Å². The van der Waals surface area contributed by atoms with Crippen LogP contribution in [0.3, 0.4) is 0 Å². The second-order valence-electron chi connectivity index (χ2n) is 5.93. The van der Waals surface area contributed by atoms with Gasteiger partial charge in [0.15, 0.2) is 0 Å². The summed E-state index contributed by atoms with van der Waals surface area (Å²) in [6, 6.07) is 6.06. The zero-order valence-electron chi connectivity index (χ0n) is 13.5. The second-order valence-corrected chi connectivity index (χ2v) is 5.93. The van der Waals surface area contributed by atoms with E-state index in [4.69, 9.17) is 5.73 Å². The van der Waals surface area contributed by atoms with Gasteiger partial charge in [0.25, 0.3) is 5.91 Å². The highest BCUT2D eigenvalue weighted by Crippen LogP contribution is 2.10. The van der Waals surface area contributed by atoms with Crippen LogP contribution in [0.5, 0.6) is 0 Å². The molecule has 0 saturated carbocycles. The third-order valence-electron chi connectivity index (χ3n) is 4.05. The molecule has 0 spiro atoms. The fraction of sp³-hybridized carbons (Fsp3) is 0.529. The minimum Gasteiger partial charge on any atom is -0.352 e. The minimum absolute atomic E-state index is 0.0912. The Hall–Kier alpha value is -2.08. The molecule has 1 saturated heterocycles. The van der Waals surface area contributed by atoms with Crippen molar-refractivity contribution in [1.82, 2.24) is 10.2 Å². The van der Waals surface area contributed by atoms with E-state index < -0.39 is 6.03 Å². The Morgan fingerprint density at radius 2 is 1.70 bits per heavy atom. The summed E-state index contributed by atoms with van der Waals surface area (Å²) in [7, 11) is 0. The summed E-state index contributed by atoms with van der Waals surface area (Å²) >= 11 is 0. The number of primary amides is 1. The lowest BCUT2D eigenvalue weighted by Gasteiger charge is -2.19. The average molecular weight is 318 g/mol. The number of nitrogens with one attached hydrogen (secondary N) is 2. The predicted octanol–water partition coefficient (Wildman–Crippen LogP) is 2.17. The van der Waals surface area contributed by atoms with Crippen LogP contribution in [0.1, 0.15) is 42.5 Å². The number of benzene rings is 1. The monoisotopic (exact) mass is 318 g/mol. The second kappa shape index (κ2) is 9.15. The van der Waals surface area contributed by atoms with E-state index in [1.807, 2.05) is 0 Å². The topological polar surface area (TPSA) is 87.5 Å². The molecule has 0 atom stereocenters. The zero-order chi connectivity index (χ0) is 16.5. The molecule has 1 aliphatic rings. The molecular formula is C17H26N4O2. The van der Waals surface area contributed by atoms with Crippen molar-refractivity contribution >= 4 is 17.6 Å². The van der Waals surface area contributed by atoms with E-state index in [2.05, 4.69) is 15.5 Å². The minimum atomic E-state index is -0.615. The molecule has 1 aromatic carbocycles. The normalized spacial score (nSPS) is 15.7. The number of urea groups is 1. The van der Waals surface area contributed by atoms with Crippen LogP contribution in [-0.2, 0) is 0 Å². The largest absolute Gasteiger partial charge is 0.352 e. The number of amides is 3. The summed E-state index contributed by atoms with van der Waals surface area (Å²) in [5, 5.41) is 5.40. The fourth-order valence-corrected chi connectivity index (χ4v) is 2.81. The molecule has 6 heteroatoms. The van der Waals surface area contributed by atoms with Crippen LogP contribution < -0.4 is 16.4 Å². The highest BCUT2D eigenvalue weighted by molar-refractivity contribution is 5.95. The van der Waals surface area contributed by atoms with Gasteiger partial charge in [0, 0.05) is 17.8 Å². The average Bonchev–Trinajstić information content (AvgIpc) is 2.80. The Morgan fingerprint density at radius 3 is 2.30 bits per heavy atom. The molecular weight excluding hydrogens is 292 g/mol. The lowest BCUT2D eigenvalue weighted by molar-refractivity contribution is 0.0951. The van der Waals surface area contributed by atoms with Gasteiger partial charge in [0.1, 0.15) is 0 Å². The van der Waals surface area contributed by atoms with Crippen molar-refractivity contribution in [3.8, 4) is 0 Å². The molecule has 126 valence electrons. The lowest BCUT2D eigenvalue weighted by atomic mass is 10.2. The van der Waals surface area contributed by atoms with Crippen LogP contribution in [-0.4, -0.2) is 43.0 Å². The van der Waals surface area contributed by atoms with Crippen LogP contribution in [0.25, 0.3) is 0 Å². The van der Waals surface area contributed by atoms with Gasteiger partial charge in [-0.1, -0.05) is 12.8 Å². The number of hydrogen-bond acceptors (Lipinski definition) is 3. The summed E-state index contributed by atoms with van der Waals surface area (Å²) in [6.07, 6.45) is 6.23. The van der Waals surface area contributed by atoms with E-state index >= 15 is 0 Å². The van der Waals surface area contributed by atoms with Gasteiger partial charge >= 0.3 is 6.03 Å². The van der Waals surface area contributed by atoms with Gasteiger partial charge < -0.3 is 21.3 Å². The molecule has 3 amide bonds. The Kier molecular flexibility index (Phi) is 6.87. The van der Waals surface area contributed by atoms with E-state index in [1.54, 1.807) is 24.3 Å². The first-order valence-electron chi connectivity index (χ1n) is 8.32. The standard InChI is InChI=1S/C17H26N4O2/c18-17(23)20-15-8-6-14(7-9-15)16(22)19-10-5-13-21-11-3-1-2-4-12-21/h6-9H,1-5,10-13H2,(H,19,22)(H3,18,20,23). The van der Waals surface area contributed by atoms with Crippen molar-refractivity contribution in [1.29, 1.82) is 0 Å². The van der Waals surface area contributed by atoms with Gasteiger partial charge in [-0.25, -0.2) is 4.79 Å². The van der Waals surface area contributed by atoms with Crippen molar-refractivity contribution in [3.05, 3.63) is 29.8 Å². The molecule has 2 rings (SSSR count). The first-order chi connectivity index (χ1) is 11.1. The fourth-order valence-electron chi connectivity index (χ4n) is 2.81. The van der Waals surface area contributed by atoms with Crippen LogP contribution in [0.15, 0.2) is 24.3 Å². The highest BCUT2D eigenvalue weighted by Gasteiger charge is 2.09. The third kappa shape index (κ3) is 6.28. The molecule has 6 nitrogen and oxygen atoms in total. The molecule has 0 radical (unpaired) electrons. The van der Waals surface area contributed by atoms with Crippen LogP contribution in [0.4, 0.5) is 10.5 Å². The van der Waals surface area contributed by atoms with Crippen LogP contribution in [0.2, 0.25) is 0 Å². The Bertz CT molecular complexity index is 508. The summed E-state index contributed by atoms with van der Waals surface area (Å²) < 4.78 is 0. The predicted molar refractivity (Wildman–Crippen MR) is 91.5 cm³/mol. The smallest absolute Gasteiger partial charge is 0.316 e. The first-order valence-corrected chi connectivity index (χ1v) is 8.32. The highest BCUT2D eigenvalue weighted by atomic mass is 16.2. The van der Waals surface area contributed by atoms with Crippen molar-refractivity contribution < 1.29 is 9.59 Å². The van der Waals surface area contributed by atoms with Crippen molar-refractivity contribution in [2.24, 2.45) is 5.73 Å². The summed E-state index contributed by atoms with van der Waals surface area (Å²) in [5.74, 6) is -0.0912. The molecule has 1 heterocycles. The molecule has 1 fully saturated rings. The molecule has 1 aromatic rings. The number of carbonyl (C=O) groups excluding carboxylic acids is 2. The SMILES string of the molecule is NC(=O)Nc1ccc(C(=O)NCCCN2CCCCCC2)cc1. The number of rotatable bonds is 6. The van der Waals surface area contributed by atoms with Gasteiger partial charge in [-0.2, -0.15) is 0 Å². The number of carbonyl (C=O) groups is 2. The first kappa shape index (κ1) is 17.3. The van der Waals surface area contributed by atoms with Crippen LogP contribution >= 0.6 is 0 Å². The summed E-state index contributed by atoms with van der Waals surface area (Å²) in [4.78, 5) is 25.3. The third-order valence-corrected chi connectivity index (χ3v) is 4.05. The molecule has 0 aromatic heterocycles. The number of nitrogens with two attached hydrogens (primary N) is 1. The summed E-state index contributed by atoms with van der Waals surface area (Å²) in [6.45, 7) is 4.09. The van der Waals surface area contributed by atoms with E-state index in [9.17, 15) is 9.59 Å². The molecule has 0 unspecified atom stereocenters. The van der Waals surface area contributed by atoms with E-state index in [1.165, 1.54) is 38.8 Å². The lowest BCUT2D eigenvalue weighted by Crippen LogP contribution is -2.30. The van der Waals surface area contributed by atoms with Crippen molar-refractivity contribution in [3.63, 3.8) is 0 Å². The Balaban J connectivity index is 1.68. The van der Waals surface area contributed by atoms with E-state index in [0.717, 1.165) is 13.0 Å². The molecule has 0 bridgehead atoms. The van der Waals surface area contributed by atoms with E-state index in [0.29, 0.717) is 17.8 Å². The molecule has 23 heavy (non-hydrogen) atoms. The quantitative estimate of drug-likeness (QED) is 0.703. The number of likely N-dealkylation sites (tertiary alicyclic amines) is 1. The van der Waals surface area contributed by atoms with Gasteiger partial charge in [-0.3, -0.25) is 4.79 Å². The number of hydrogen-bond donors (Lipinski definition) is 3. The number of anilines is 1. The molecule has 4 N–H and O–H groups in total. The van der Waals surface area contributed by atoms with Gasteiger partial charge in [-0.15, -0.1) is 0 Å². The molecule has 1 aliphatic heterocycles. The van der Waals surface area contributed by atoms with Gasteiger partial charge in [0.2, 0.25) is 0 Å². The maximum Gasteiger partial charge on any atom is 0.316 e. The zero-order valence-corrected chi connectivity index (χ0v) is 13.5. The van der Waals surface area contributed by atoms with E-state index in [-0.39, 0.29) is 5.91 Å². The molecule has 0 aliphatic carbocycles.